The third-order valence-electron chi connectivity index (χ3n) is 6.56. The van der Waals surface area contributed by atoms with Gasteiger partial charge in [-0.2, -0.15) is 0 Å². The highest BCUT2D eigenvalue weighted by Gasteiger charge is 2.09. The van der Waals surface area contributed by atoms with Gasteiger partial charge in [-0.05, 0) is 66.9 Å². The molecule has 6 nitrogen and oxygen atoms in total. The lowest BCUT2D eigenvalue weighted by Crippen LogP contribution is -2.24. The molecular weight excluding hydrogens is 486 g/mol. The summed E-state index contributed by atoms with van der Waals surface area (Å²) in [7, 11) is 0. The Morgan fingerprint density at radius 2 is 1.36 bits per heavy atom. The highest BCUT2D eigenvalue weighted by molar-refractivity contribution is 5.76. The molecule has 4 aromatic carbocycles. The quantitative estimate of drug-likeness (QED) is 0.200. The van der Waals surface area contributed by atoms with Crippen LogP contribution >= 0.6 is 0 Å². The summed E-state index contributed by atoms with van der Waals surface area (Å²) in [5.74, 6) is 1.48. The van der Waals surface area contributed by atoms with Crippen LogP contribution in [0.1, 0.15) is 23.1 Å². The van der Waals surface area contributed by atoms with Crippen molar-refractivity contribution in [1.82, 2.24) is 14.9 Å². The molecule has 0 unspecified atom stereocenters. The lowest BCUT2D eigenvalue weighted by atomic mass is 10.1. The smallest absolute Gasteiger partial charge is 0.261 e. The molecule has 0 saturated carbocycles. The molecule has 0 aliphatic rings. The molecule has 0 fully saturated rings. The number of hydrogen-bond donors (Lipinski definition) is 1. The second kappa shape index (κ2) is 13.4. The van der Waals surface area contributed by atoms with E-state index in [9.17, 15) is 4.79 Å². The summed E-state index contributed by atoms with van der Waals surface area (Å²) < 4.78 is 14.0. The SMILES string of the molecule is O=c1c2ccccc2ncn1CCCNCCc1ccc(OCc2ccccc2)c(OCc2ccccc2)c1. The minimum absolute atomic E-state index is 0.0122. The van der Waals surface area contributed by atoms with Crippen LogP contribution in [0, 0.1) is 0 Å². The predicted octanol–water partition coefficient (Wildman–Crippen LogP) is 5.78. The van der Waals surface area contributed by atoms with Crippen LogP contribution in [0.25, 0.3) is 10.9 Å². The molecule has 0 aliphatic heterocycles. The van der Waals surface area contributed by atoms with E-state index in [-0.39, 0.29) is 5.56 Å². The van der Waals surface area contributed by atoms with Crippen molar-refractivity contribution in [2.24, 2.45) is 0 Å². The first-order chi connectivity index (χ1) is 19.3. The van der Waals surface area contributed by atoms with Gasteiger partial charge < -0.3 is 14.8 Å². The molecule has 0 spiro atoms. The van der Waals surface area contributed by atoms with Gasteiger partial charge in [-0.15, -0.1) is 0 Å². The molecule has 5 aromatic rings. The molecular formula is C33H33N3O3. The van der Waals surface area contributed by atoms with Gasteiger partial charge in [0, 0.05) is 6.54 Å². The second-order valence-corrected chi connectivity index (χ2v) is 9.44. The highest BCUT2D eigenvalue weighted by Crippen LogP contribution is 2.30. The van der Waals surface area contributed by atoms with Crippen molar-refractivity contribution in [2.75, 3.05) is 13.1 Å². The summed E-state index contributed by atoms with van der Waals surface area (Å²) in [6, 6.07) is 33.9. The average Bonchev–Trinajstić information content (AvgIpc) is 2.99. The van der Waals surface area contributed by atoms with Crippen molar-refractivity contribution < 1.29 is 9.47 Å². The van der Waals surface area contributed by atoms with Crippen LogP contribution in [0.15, 0.2) is 114 Å². The number of nitrogens with zero attached hydrogens (tertiary/aromatic N) is 2. The molecule has 0 aliphatic carbocycles. The average molecular weight is 520 g/mol. The Morgan fingerprint density at radius 1 is 0.692 bits per heavy atom. The third-order valence-corrected chi connectivity index (χ3v) is 6.56. The van der Waals surface area contributed by atoms with Gasteiger partial charge in [0.25, 0.3) is 5.56 Å². The van der Waals surface area contributed by atoms with E-state index in [1.165, 1.54) is 5.56 Å². The summed E-state index contributed by atoms with van der Waals surface area (Å²) in [4.78, 5) is 17.0. The van der Waals surface area contributed by atoms with Gasteiger partial charge in [-0.1, -0.05) is 78.9 Å². The second-order valence-electron chi connectivity index (χ2n) is 9.44. The molecule has 0 atom stereocenters. The molecule has 198 valence electrons. The molecule has 0 saturated heterocycles. The topological polar surface area (TPSA) is 65.4 Å². The zero-order valence-electron chi connectivity index (χ0n) is 22.0. The first-order valence-electron chi connectivity index (χ1n) is 13.4. The van der Waals surface area contributed by atoms with E-state index in [4.69, 9.17) is 9.47 Å². The summed E-state index contributed by atoms with van der Waals surface area (Å²) >= 11 is 0. The zero-order valence-corrected chi connectivity index (χ0v) is 22.0. The maximum Gasteiger partial charge on any atom is 0.261 e. The Kier molecular flexibility index (Phi) is 9.00. The largest absolute Gasteiger partial charge is 0.485 e. The van der Waals surface area contributed by atoms with Gasteiger partial charge in [0.05, 0.1) is 17.2 Å². The number of ether oxygens (including phenoxy) is 2. The van der Waals surface area contributed by atoms with E-state index in [1.54, 1.807) is 10.9 Å². The number of aryl methyl sites for hydroxylation is 1. The van der Waals surface area contributed by atoms with Gasteiger partial charge in [-0.25, -0.2) is 4.98 Å². The summed E-state index contributed by atoms with van der Waals surface area (Å²) in [5, 5.41) is 4.15. The molecule has 0 amide bonds. The number of benzene rings is 4. The van der Waals surface area contributed by atoms with E-state index in [0.717, 1.165) is 54.1 Å². The van der Waals surface area contributed by atoms with Crippen molar-refractivity contribution in [2.45, 2.75) is 32.6 Å². The van der Waals surface area contributed by atoms with Crippen molar-refractivity contribution in [3.05, 3.63) is 136 Å². The van der Waals surface area contributed by atoms with E-state index < -0.39 is 0 Å². The highest BCUT2D eigenvalue weighted by atomic mass is 16.5. The van der Waals surface area contributed by atoms with Crippen LogP contribution in [0.3, 0.4) is 0 Å². The van der Waals surface area contributed by atoms with Crippen molar-refractivity contribution in [3.8, 4) is 11.5 Å². The summed E-state index contributed by atoms with van der Waals surface area (Å²) in [5.41, 5.74) is 4.15. The minimum atomic E-state index is 0.0122. The normalized spacial score (nSPS) is 11.0. The molecule has 5 rings (SSSR count). The molecule has 0 radical (unpaired) electrons. The maximum absolute atomic E-state index is 12.6. The molecule has 1 heterocycles. The zero-order chi connectivity index (χ0) is 26.7. The van der Waals surface area contributed by atoms with Crippen LogP contribution < -0.4 is 20.3 Å². The monoisotopic (exact) mass is 519 g/mol. The lowest BCUT2D eigenvalue weighted by Gasteiger charge is -2.15. The number of hydrogen-bond acceptors (Lipinski definition) is 5. The summed E-state index contributed by atoms with van der Waals surface area (Å²) in [6.45, 7) is 3.24. The Labute approximate surface area is 228 Å². The molecule has 1 N–H and O–H groups in total. The van der Waals surface area contributed by atoms with Crippen LogP contribution in [0.2, 0.25) is 0 Å². The van der Waals surface area contributed by atoms with Crippen LogP contribution in [-0.2, 0) is 26.2 Å². The Hall–Kier alpha value is -4.42. The van der Waals surface area contributed by atoms with E-state index >= 15 is 0 Å². The minimum Gasteiger partial charge on any atom is -0.485 e. The fourth-order valence-electron chi connectivity index (χ4n) is 4.41. The van der Waals surface area contributed by atoms with Crippen molar-refractivity contribution >= 4 is 10.9 Å². The van der Waals surface area contributed by atoms with Crippen molar-refractivity contribution in [3.63, 3.8) is 0 Å². The number of rotatable bonds is 13. The van der Waals surface area contributed by atoms with E-state index in [0.29, 0.717) is 25.1 Å². The lowest BCUT2D eigenvalue weighted by molar-refractivity contribution is 0.255. The molecule has 39 heavy (non-hydrogen) atoms. The van der Waals surface area contributed by atoms with Crippen molar-refractivity contribution in [1.29, 1.82) is 0 Å². The molecule has 0 bridgehead atoms. The van der Waals surface area contributed by atoms with Crippen LogP contribution in [0.4, 0.5) is 0 Å². The Bertz CT molecular complexity index is 1530. The van der Waals surface area contributed by atoms with Crippen LogP contribution in [0.5, 0.6) is 11.5 Å². The van der Waals surface area contributed by atoms with Gasteiger partial charge in [0.2, 0.25) is 0 Å². The van der Waals surface area contributed by atoms with Gasteiger partial charge >= 0.3 is 0 Å². The Morgan fingerprint density at radius 3 is 2.10 bits per heavy atom. The third kappa shape index (κ3) is 7.33. The fraction of sp³-hybridized carbons (Fsp3) is 0.212. The van der Waals surface area contributed by atoms with Gasteiger partial charge in [0.1, 0.15) is 13.2 Å². The number of nitrogens with one attached hydrogen (secondary N) is 1. The predicted molar refractivity (Wildman–Crippen MR) is 155 cm³/mol. The van der Waals surface area contributed by atoms with E-state index in [2.05, 4.69) is 46.7 Å². The first-order valence-corrected chi connectivity index (χ1v) is 13.4. The van der Waals surface area contributed by atoms with Crippen LogP contribution in [-0.4, -0.2) is 22.6 Å². The number of fused-ring (bicyclic) bond motifs is 1. The van der Waals surface area contributed by atoms with E-state index in [1.807, 2.05) is 66.7 Å². The molecule has 6 heteroatoms. The van der Waals surface area contributed by atoms with Gasteiger partial charge in [0.15, 0.2) is 11.5 Å². The summed E-state index contributed by atoms with van der Waals surface area (Å²) in [6.07, 6.45) is 3.35. The fourth-order valence-corrected chi connectivity index (χ4v) is 4.41. The number of aromatic nitrogens is 2. The standard InChI is InChI=1S/C33H33N3O3/c37-33-29-14-7-8-15-30(29)35-25-36(33)21-9-19-34-20-18-26-16-17-31(38-23-27-10-3-1-4-11-27)32(22-26)39-24-28-12-5-2-6-13-28/h1-8,10-17,22,25,34H,9,18-21,23-24H2. The Balaban J connectivity index is 1.14. The first kappa shape index (κ1) is 26.2. The number of para-hydroxylation sites is 1. The van der Waals surface area contributed by atoms with Gasteiger partial charge in [-0.3, -0.25) is 9.36 Å². The maximum atomic E-state index is 12.6. The molecule has 1 aromatic heterocycles.